The normalized spacial score (nSPS) is 23.9. The van der Waals surface area contributed by atoms with Crippen molar-refractivity contribution in [3.63, 3.8) is 0 Å². The number of nitrogens with zero attached hydrogens (tertiary/aromatic N) is 2. The van der Waals surface area contributed by atoms with Gasteiger partial charge in [-0.3, -0.25) is 0 Å². The Morgan fingerprint density at radius 3 is 2.95 bits per heavy atom. The van der Waals surface area contributed by atoms with Gasteiger partial charge in [-0.25, -0.2) is 0 Å². The van der Waals surface area contributed by atoms with Crippen molar-refractivity contribution >= 4 is 11.6 Å². The summed E-state index contributed by atoms with van der Waals surface area (Å²) in [5.41, 5.74) is 1.33. The van der Waals surface area contributed by atoms with Crippen LogP contribution < -0.4 is 5.32 Å². The Kier molecular flexibility index (Phi) is 2.82. The molecule has 1 aliphatic carbocycles. The molecule has 0 radical (unpaired) electrons. The molecule has 4 nitrogen and oxygen atoms in total. The molecule has 2 fully saturated rings. The van der Waals surface area contributed by atoms with E-state index >= 15 is 0 Å². The van der Waals surface area contributed by atoms with Gasteiger partial charge in [0.05, 0.1) is 0 Å². The zero-order chi connectivity index (χ0) is 13.6. The van der Waals surface area contributed by atoms with Gasteiger partial charge in [-0.1, -0.05) is 28.9 Å². The van der Waals surface area contributed by atoms with Crippen LogP contribution in [0.3, 0.4) is 0 Å². The summed E-state index contributed by atoms with van der Waals surface area (Å²) in [7, 11) is 0. The van der Waals surface area contributed by atoms with E-state index in [-0.39, 0.29) is 0 Å². The molecule has 0 amide bonds. The van der Waals surface area contributed by atoms with Crippen molar-refractivity contribution in [3.8, 4) is 11.4 Å². The average molecular weight is 290 g/mol. The van der Waals surface area contributed by atoms with Gasteiger partial charge in [0, 0.05) is 16.5 Å². The van der Waals surface area contributed by atoms with Crippen LogP contribution in [-0.2, 0) is 0 Å². The summed E-state index contributed by atoms with van der Waals surface area (Å²) >= 11 is 6.00. The number of piperidine rings is 1. The standard InChI is InChI=1S/C15H16ClN3O/c16-11-3-1-2-10(8-11)13-18-14(20-19-13)12-9-15(12)4-6-17-7-5-15/h1-3,8,12,17H,4-7,9H2. The van der Waals surface area contributed by atoms with Gasteiger partial charge >= 0.3 is 0 Å². The molecule has 1 unspecified atom stereocenters. The molecule has 1 saturated carbocycles. The Morgan fingerprint density at radius 2 is 2.15 bits per heavy atom. The lowest BCUT2D eigenvalue weighted by Crippen LogP contribution is -2.29. The number of hydrogen-bond acceptors (Lipinski definition) is 4. The number of halogens is 1. The molecule has 4 rings (SSSR count). The highest BCUT2D eigenvalue weighted by atomic mass is 35.5. The maximum Gasteiger partial charge on any atom is 0.230 e. The fourth-order valence-corrected chi connectivity index (χ4v) is 3.49. The molecule has 104 valence electrons. The second-order valence-electron chi connectivity index (χ2n) is 5.84. The van der Waals surface area contributed by atoms with Crippen molar-refractivity contribution in [3.05, 3.63) is 35.2 Å². The molecular formula is C15H16ClN3O. The first-order valence-corrected chi connectivity index (χ1v) is 7.45. The molecule has 5 heteroatoms. The van der Waals surface area contributed by atoms with Crippen LogP contribution in [0.25, 0.3) is 11.4 Å². The van der Waals surface area contributed by atoms with Crippen molar-refractivity contribution < 1.29 is 4.52 Å². The molecule has 20 heavy (non-hydrogen) atoms. The molecule has 1 aromatic heterocycles. The van der Waals surface area contributed by atoms with Gasteiger partial charge in [-0.05, 0) is 49.9 Å². The van der Waals surface area contributed by atoms with E-state index in [2.05, 4.69) is 15.5 Å². The summed E-state index contributed by atoms with van der Waals surface area (Å²) in [5.74, 6) is 1.88. The van der Waals surface area contributed by atoms with Gasteiger partial charge in [0.1, 0.15) is 0 Å². The van der Waals surface area contributed by atoms with Crippen LogP contribution in [0.1, 0.15) is 31.1 Å². The maximum atomic E-state index is 6.00. The first kappa shape index (κ1) is 12.4. The van der Waals surface area contributed by atoms with E-state index in [4.69, 9.17) is 16.1 Å². The van der Waals surface area contributed by atoms with E-state index < -0.39 is 0 Å². The maximum absolute atomic E-state index is 6.00. The van der Waals surface area contributed by atoms with E-state index in [0.29, 0.717) is 22.2 Å². The lowest BCUT2D eigenvalue weighted by atomic mass is 9.92. The fourth-order valence-electron chi connectivity index (χ4n) is 3.30. The third-order valence-corrected chi connectivity index (χ3v) is 4.85. The highest BCUT2D eigenvalue weighted by Crippen LogP contribution is 2.63. The van der Waals surface area contributed by atoms with Gasteiger partial charge < -0.3 is 9.84 Å². The summed E-state index contributed by atoms with van der Waals surface area (Å²) in [6.07, 6.45) is 3.62. The van der Waals surface area contributed by atoms with Crippen LogP contribution in [0.5, 0.6) is 0 Å². The minimum absolute atomic E-state index is 0.420. The first-order chi connectivity index (χ1) is 9.77. The van der Waals surface area contributed by atoms with Crippen molar-refractivity contribution in [2.45, 2.75) is 25.2 Å². The summed E-state index contributed by atoms with van der Waals surface area (Å²) in [5, 5.41) is 8.20. The minimum atomic E-state index is 0.420. The summed E-state index contributed by atoms with van der Waals surface area (Å²) in [6, 6.07) is 7.56. The molecule has 1 aliphatic heterocycles. The SMILES string of the molecule is Clc1cccc(-c2noc(C3CC34CCNCC4)n2)c1. The van der Waals surface area contributed by atoms with Crippen molar-refractivity contribution in [2.24, 2.45) is 5.41 Å². The van der Waals surface area contributed by atoms with Crippen LogP contribution >= 0.6 is 11.6 Å². The van der Waals surface area contributed by atoms with Crippen LogP contribution in [0.15, 0.2) is 28.8 Å². The van der Waals surface area contributed by atoms with Crippen LogP contribution in [0, 0.1) is 5.41 Å². The monoisotopic (exact) mass is 289 g/mol. The fraction of sp³-hybridized carbons (Fsp3) is 0.467. The summed E-state index contributed by atoms with van der Waals surface area (Å²) in [6.45, 7) is 2.21. The molecule has 1 atom stereocenters. The van der Waals surface area contributed by atoms with Gasteiger partial charge in [0.25, 0.3) is 0 Å². The van der Waals surface area contributed by atoms with Crippen molar-refractivity contribution in [2.75, 3.05) is 13.1 Å². The highest BCUT2D eigenvalue weighted by molar-refractivity contribution is 6.30. The Labute approximate surface area is 122 Å². The highest BCUT2D eigenvalue weighted by Gasteiger charge is 2.57. The Hall–Kier alpha value is -1.39. The molecule has 1 N–H and O–H groups in total. The van der Waals surface area contributed by atoms with Gasteiger partial charge in [-0.2, -0.15) is 4.98 Å². The van der Waals surface area contributed by atoms with E-state index in [0.717, 1.165) is 24.5 Å². The topological polar surface area (TPSA) is 51.0 Å². The average Bonchev–Trinajstić information content (AvgIpc) is 2.95. The smallest absolute Gasteiger partial charge is 0.230 e. The largest absolute Gasteiger partial charge is 0.339 e. The number of hydrogen-bond donors (Lipinski definition) is 1. The van der Waals surface area contributed by atoms with E-state index in [1.54, 1.807) is 0 Å². The second-order valence-corrected chi connectivity index (χ2v) is 6.27. The van der Waals surface area contributed by atoms with E-state index in [1.807, 2.05) is 24.3 Å². The molecular weight excluding hydrogens is 274 g/mol. The molecule has 1 spiro atoms. The Morgan fingerprint density at radius 1 is 1.30 bits per heavy atom. The van der Waals surface area contributed by atoms with Gasteiger partial charge in [-0.15, -0.1) is 0 Å². The predicted octanol–water partition coefficient (Wildman–Crippen LogP) is 3.25. The lowest BCUT2D eigenvalue weighted by molar-refractivity contribution is 0.311. The van der Waals surface area contributed by atoms with Crippen LogP contribution in [0.4, 0.5) is 0 Å². The molecule has 2 heterocycles. The zero-order valence-corrected chi connectivity index (χ0v) is 11.9. The third-order valence-electron chi connectivity index (χ3n) is 4.61. The van der Waals surface area contributed by atoms with E-state index in [9.17, 15) is 0 Å². The minimum Gasteiger partial charge on any atom is -0.339 e. The van der Waals surface area contributed by atoms with Crippen LogP contribution in [-0.4, -0.2) is 23.2 Å². The number of aromatic nitrogens is 2. The van der Waals surface area contributed by atoms with Gasteiger partial charge in [0.2, 0.25) is 11.7 Å². The number of rotatable bonds is 2. The third kappa shape index (κ3) is 2.03. The summed E-state index contributed by atoms with van der Waals surface area (Å²) < 4.78 is 5.49. The quantitative estimate of drug-likeness (QED) is 0.922. The number of nitrogens with one attached hydrogen (secondary N) is 1. The van der Waals surface area contributed by atoms with Crippen molar-refractivity contribution in [1.82, 2.24) is 15.5 Å². The molecule has 0 bridgehead atoms. The number of benzene rings is 1. The Balaban J connectivity index is 1.57. The molecule has 2 aliphatic rings. The summed E-state index contributed by atoms with van der Waals surface area (Å²) in [4.78, 5) is 4.58. The van der Waals surface area contributed by atoms with Crippen LogP contribution in [0.2, 0.25) is 5.02 Å². The zero-order valence-electron chi connectivity index (χ0n) is 11.1. The van der Waals surface area contributed by atoms with E-state index in [1.165, 1.54) is 19.3 Å². The lowest BCUT2D eigenvalue weighted by Gasteiger charge is -2.22. The molecule has 1 saturated heterocycles. The Bertz CT molecular complexity index is 634. The molecule has 2 aromatic rings. The molecule has 1 aromatic carbocycles. The van der Waals surface area contributed by atoms with Crippen molar-refractivity contribution in [1.29, 1.82) is 0 Å². The predicted molar refractivity (Wildman–Crippen MR) is 76.6 cm³/mol. The first-order valence-electron chi connectivity index (χ1n) is 7.07. The van der Waals surface area contributed by atoms with Gasteiger partial charge in [0.15, 0.2) is 0 Å². The second kappa shape index (κ2) is 4.57.